The van der Waals surface area contributed by atoms with Gasteiger partial charge < -0.3 is 20.3 Å². The Morgan fingerprint density at radius 2 is 2.07 bits per heavy atom. The minimum absolute atomic E-state index is 0.0256. The summed E-state index contributed by atoms with van der Waals surface area (Å²) in [7, 11) is 1.77. The molecule has 15 heavy (non-hydrogen) atoms. The molecule has 0 fully saturated rings. The first-order chi connectivity index (χ1) is 7.31. The van der Waals surface area contributed by atoms with E-state index in [1.54, 1.807) is 13.1 Å². The molecule has 0 aliphatic heterocycles. The van der Waals surface area contributed by atoms with Crippen molar-refractivity contribution in [3.63, 3.8) is 0 Å². The van der Waals surface area contributed by atoms with Crippen LogP contribution in [0.1, 0.15) is 5.56 Å². The first-order valence-corrected chi connectivity index (χ1v) is 4.91. The number of ether oxygens (including phenoxy) is 1. The molecule has 1 aromatic rings. The van der Waals surface area contributed by atoms with Crippen LogP contribution in [0.25, 0.3) is 0 Å². The van der Waals surface area contributed by atoms with Gasteiger partial charge in [0.25, 0.3) is 0 Å². The molecule has 0 spiro atoms. The molecule has 0 saturated heterocycles. The van der Waals surface area contributed by atoms with Gasteiger partial charge >= 0.3 is 0 Å². The van der Waals surface area contributed by atoms with Gasteiger partial charge in [-0.25, -0.2) is 0 Å². The van der Waals surface area contributed by atoms with Crippen LogP contribution in [0.4, 0.5) is 0 Å². The van der Waals surface area contributed by atoms with Gasteiger partial charge in [0, 0.05) is 5.56 Å². The molecule has 1 rings (SSSR count). The summed E-state index contributed by atoms with van der Waals surface area (Å²) < 4.78 is 5.49. The topological polar surface area (TPSA) is 61.7 Å². The molecule has 84 valence electrons. The molecule has 0 radical (unpaired) electrons. The molecule has 3 N–H and O–H groups in total. The molecule has 4 heteroatoms. The minimum atomic E-state index is -0.0863. The number of benzene rings is 1. The molecule has 0 heterocycles. The highest BCUT2D eigenvalue weighted by molar-refractivity contribution is 5.32. The van der Waals surface area contributed by atoms with E-state index in [2.05, 4.69) is 5.32 Å². The number of hydrogen-bond donors (Lipinski definition) is 3. The third kappa shape index (κ3) is 3.51. The van der Waals surface area contributed by atoms with E-state index in [0.29, 0.717) is 12.4 Å². The van der Waals surface area contributed by atoms with E-state index in [9.17, 15) is 0 Å². The van der Waals surface area contributed by atoms with E-state index in [1.165, 1.54) is 0 Å². The zero-order valence-corrected chi connectivity index (χ0v) is 8.81. The lowest BCUT2D eigenvalue weighted by molar-refractivity contribution is 0.185. The third-order valence-electron chi connectivity index (χ3n) is 2.21. The SMILES string of the molecule is CNC(CO)COc1ccccc1CO. The molecule has 1 unspecified atom stereocenters. The molecule has 0 amide bonds. The molecular formula is C11H17NO3. The van der Waals surface area contributed by atoms with Gasteiger partial charge in [0.15, 0.2) is 0 Å². The van der Waals surface area contributed by atoms with E-state index in [0.717, 1.165) is 5.56 Å². The Balaban J connectivity index is 2.56. The lowest BCUT2D eigenvalue weighted by atomic mass is 10.2. The van der Waals surface area contributed by atoms with Gasteiger partial charge in [0.05, 0.1) is 19.3 Å². The van der Waals surface area contributed by atoms with Gasteiger partial charge in [-0.3, -0.25) is 0 Å². The van der Waals surface area contributed by atoms with Crippen molar-refractivity contribution in [3.05, 3.63) is 29.8 Å². The molecule has 4 nitrogen and oxygen atoms in total. The highest BCUT2D eigenvalue weighted by Gasteiger charge is 2.06. The van der Waals surface area contributed by atoms with Crippen LogP contribution in [0.2, 0.25) is 0 Å². The second-order valence-corrected chi connectivity index (χ2v) is 3.25. The standard InChI is InChI=1S/C11H17NO3/c1-12-10(7-14)8-15-11-5-3-2-4-9(11)6-13/h2-5,10,12-14H,6-8H2,1H3. The maximum atomic E-state index is 9.05. The highest BCUT2D eigenvalue weighted by Crippen LogP contribution is 2.17. The van der Waals surface area contributed by atoms with E-state index in [1.807, 2.05) is 18.2 Å². The van der Waals surface area contributed by atoms with E-state index in [-0.39, 0.29) is 19.3 Å². The average Bonchev–Trinajstić information content (AvgIpc) is 2.31. The maximum Gasteiger partial charge on any atom is 0.124 e. The zero-order valence-electron chi connectivity index (χ0n) is 8.81. The number of para-hydroxylation sites is 1. The van der Waals surface area contributed by atoms with Crippen LogP contribution in [0.5, 0.6) is 5.75 Å². The van der Waals surface area contributed by atoms with E-state index >= 15 is 0 Å². The van der Waals surface area contributed by atoms with Crippen molar-refractivity contribution in [2.24, 2.45) is 0 Å². The van der Waals surface area contributed by atoms with Crippen LogP contribution in [0, 0.1) is 0 Å². The van der Waals surface area contributed by atoms with Crippen LogP contribution < -0.4 is 10.1 Å². The number of hydrogen-bond acceptors (Lipinski definition) is 4. The van der Waals surface area contributed by atoms with Gasteiger partial charge in [0.2, 0.25) is 0 Å². The monoisotopic (exact) mass is 211 g/mol. The van der Waals surface area contributed by atoms with Crippen LogP contribution >= 0.6 is 0 Å². The number of likely N-dealkylation sites (N-methyl/N-ethyl adjacent to an activating group) is 1. The Hall–Kier alpha value is -1.10. The highest BCUT2D eigenvalue weighted by atomic mass is 16.5. The quantitative estimate of drug-likeness (QED) is 0.626. The number of nitrogens with one attached hydrogen (secondary N) is 1. The van der Waals surface area contributed by atoms with E-state index < -0.39 is 0 Å². The molecular weight excluding hydrogens is 194 g/mol. The summed E-state index contributed by atoms with van der Waals surface area (Å²) >= 11 is 0. The molecule has 0 bridgehead atoms. The van der Waals surface area contributed by atoms with Crippen molar-refractivity contribution in [2.45, 2.75) is 12.6 Å². The largest absolute Gasteiger partial charge is 0.491 e. The van der Waals surface area contributed by atoms with Gasteiger partial charge in [-0.15, -0.1) is 0 Å². The number of rotatable bonds is 6. The van der Waals surface area contributed by atoms with Crippen molar-refractivity contribution >= 4 is 0 Å². The molecule has 1 aromatic carbocycles. The molecule has 0 saturated carbocycles. The van der Waals surface area contributed by atoms with Crippen molar-refractivity contribution in [2.75, 3.05) is 20.3 Å². The van der Waals surface area contributed by atoms with Crippen molar-refractivity contribution in [1.29, 1.82) is 0 Å². The van der Waals surface area contributed by atoms with Gasteiger partial charge in [-0.2, -0.15) is 0 Å². The summed E-state index contributed by atoms with van der Waals surface area (Å²) in [6.45, 7) is 0.362. The molecule has 0 aromatic heterocycles. The van der Waals surface area contributed by atoms with E-state index in [4.69, 9.17) is 14.9 Å². The maximum absolute atomic E-state index is 9.05. The number of aliphatic hydroxyl groups excluding tert-OH is 2. The minimum Gasteiger partial charge on any atom is -0.491 e. The van der Waals surface area contributed by atoms with Crippen molar-refractivity contribution < 1.29 is 14.9 Å². The number of aliphatic hydroxyl groups is 2. The van der Waals surface area contributed by atoms with Crippen LogP contribution in [-0.2, 0) is 6.61 Å². The summed E-state index contributed by atoms with van der Waals surface area (Å²) in [6.07, 6.45) is 0. The van der Waals surface area contributed by atoms with Crippen LogP contribution in [0.3, 0.4) is 0 Å². The normalized spacial score (nSPS) is 12.5. The second kappa shape index (κ2) is 6.40. The summed E-state index contributed by atoms with van der Waals surface area (Å²) in [5, 5.41) is 20.9. The zero-order chi connectivity index (χ0) is 11.1. The van der Waals surface area contributed by atoms with Gasteiger partial charge in [-0.05, 0) is 13.1 Å². The Morgan fingerprint density at radius 3 is 2.67 bits per heavy atom. The Bertz CT molecular complexity index is 287. The fourth-order valence-corrected chi connectivity index (χ4v) is 1.19. The summed E-state index contributed by atoms with van der Waals surface area (Å²) in [4.78, 5) is 0. The lowest BCUT2D eigenvalue weighted by Crippen LogP contribution is -2.35. The second-order valence-electron chi connectivity index (χ2n) is 3.25. The predicted molar refractivity (Wildman–Crippen MR) is 57.8 cm³/mol. The summed E-state index contributed by atoms with van der Waals surface area (Å²) in [5.41, 5.74) is 0.755. The lowest BCUT2D eigenvalue weighted by Gasteiger charge is -2.15. The Morgan fingerprint density at radius 1 is 1.33 bits per heavy atom. The Labute approximate surface area is 89.5 Å². The van der Waals surface area contributed by atoms with Crippen molar-refractivity contribution in [3.8, 4) is 5.75 Å². The van der Waals surface area contributed by atoms with Crippen LogP contribution in [-0.4, -0.2) is 36.5 Å². The Kier molecular flexibility index (Phi) is 5.10. The first-order valence-electron chi connectivity index (χ1n) is 4.91. The fourth-order valence-electron chi connectivity index (χ4n) is 1.19. The third-order valence-corrected chi connectivity index (χ3v) is 2.21. The average molecular weight is 211 g/mol. The van der Waals surface area contributed by atoms with Gasteiger partial charge in [-0.1, -0.05) is 18.2 Å². The van der Waals surface area contributed by atoms with Crippen molar-refractivity contribution in [1.82, 2.24) is 5.32 Å². The first kappa shape index (κ1) is 12.0. The summed E-state index contributed by atoms with van der Waals surface area (Å²) in [6, 6.07) is 7.22. The summed E-state index contributed by atoms with van der Waals surface area (Å²) in [5.74, 6) is 0.661. The predicted octanol–water partition coefficient (Wildman–Crippen LogP) is 0.138. The van der Waals surface area contributed by atoms with Crippen LogP contribution in [0.15, 0.2) is 24.3 Å². The molecule has 0 aliphatic carbocycles. The van der Waals surface area contributed by atoms with Gasteiger partial charge in [0.1, 0.15) is 12.4 Å². The molecule has 0 aliphatic rings. The fraction of sp³-hybridized carbons (Fsp3) is 0.455. The smallest absolute Gasteiger partial charge is 0.124 e. The molecule has 1 atom stereocenters.